The summed E-state index contributed by atoms with van der Waals surface area (Å²) in [6, 6.07) is 6.66. The summed E-state index contributed by atoms with van der Waals surface area (Å²) >= 11 is 3.21. The molecular weight excluding hydrogens is 312 g/mol. The van der Waals surface area contributed by atoms with Gasteiger partial charge < -0.3 is 15.3 Å². The van der Waals surface area contributed by atoms with Crippen LogP contribution in [-0.4, -0.2) is 32.7 Å². The molecule has 0 bridgehead atoms. The van der Waals surface area contributed by atoms with E-state index in [-0.39, 0.29) is 0 Å². The summed E-state index contributed by atoms with van der Waals surface area (Å²) in [5.41, 5.74) is 0.266. The maximum atomic E-state index is 11.1. The molecule has 1 aromatic rings. The Balaban J connectivity index is 2.91. The minimum Gasteiger partial charge on any atom is -0.481 e. The van der Waals surface area contributed by atoms with E-state index >= 15 is 0 Å². The van der Waals surface area contributed by atoms with Gasteiger partial charge in [-0.25, -0.2) is 0 Å². The van der Waals surface area contributed by atoms with Gasteiger partial charge in [0.2, 0.25) is 0 Å². The van der Waals surface area contributed by atoms with Crippen molar-refractivity contribution < 1.29 is 20.1 Å². The number of carbonyl (C=O) groups is 1. The molecule has 0 aliphatic carbocycles. The van der Waals surface area contributed by atoms with E-state index in [1.54, 1.807) is 38.1 Å². The van der Waals surface area contributed by atoms with Crippen LogP contribution in [0.2, 0.25) is 0 Å². The van der Waals surface area contributed by atoms with E-state index < -0.39 is 23.6 Å². The summed E-state index contributed by atoms with van der Waals surface area (Å²) < 4.78 is 0. The number of hydrogen-bond donors (Lipinski definition) is 3. The molecule has 0 aliphatic rings. The van der Waals surface area contributed by atoms with E-state index in [9.17, 15) is 15.0 Å². The highest BCUT2D eigenvalue weighted by Crippen LogP contribution is 2.26. The first-order valence-corrected chi connectivity index (χ1v) is 7.18. The average molecular weight is 331 g/mol. The number of hydrogen-bond acceptors (Lipinski definition) is 3. The molecule has 3 N–H and O–H groups in total. The van der Waals surface area contributed by atoms with E-state index in [0.29, 0.717) is 22.9 Å². The zero-order valence-corrected chi connectivity index (χ0v) is 12.6. The summed E-state index contributed by atoms with van der Waals surface area (Å²) in [6.45, 7) is 3.25. The third-order valence-electron chi connectivity index (χ3n) is 3.28. The van der Waals surface area contributed by atoms with Crippen molar-refractivity contribution in [2.45, 2.75) is 37.9 Å². The number of aliphatic hydroxyl groups excluding tert-OH is 2. The molecule has 0 amide bonds. The van der Waals surface area contributed by atoms with Crippen LogP contribution in [0, 0.1) is 0 Å². The van der Waals surface area contributed by atoms with E-state index in [0.717, 1.165) is 0 Å². The monoisotopic (exact) mass is 330 g/mol. The van der Waals surface area contributed by atoms with Crippen LogP contribution in [0.25, 0.3) is 0 Å². The fourth-order valence-electron chi connectivity index (χ4n) is 1.71. The molecule has 0 saturated carbocycles. The van der Waals surface area contributed by atoms with Gasteiger partial charge in [0.05, 0.1) is 11.5 Å². The van der Waals surface area contributed by atoms with Gasteiger partial charge in [-0.15, -0.1) is 0 Å². The largest absolute Gasteiger partial charge is 0.481 e. The zero-order valence-electron chi connectivity index (χ0n) is 11.0. The lowest BCUT2D eigenvalue weighted by molar-refractivity contribution is -0.142. The summed E-state index contributed by atoms with van der Waals surface area (Å²) in [5, 5.41) is 29.4. The molecule has 0 saturated heterocycles. The van der Waals surface area contributed by atoms with Crippen molar-refractivity contribution in [3.05, 3.63) is 35.4 Å². The number of aliphatic hydroxyl groups is 2. The second kappa shape index (κ2) is 6.50. The zero-order chi connectivity index (χ0) is 14.6. The number of benzene rings is 1. The molecule has 1 rings (SSSR count). The average Bonchev–Trinajstić information content (AvgIpc) is 2.38. The Hall–Kier alpha value is -0.910. The first-order valence-electron chi connectivity index (χ1n) is 6.06. The first-order chi connectivity index (χ1) is 8.80. The summed E-state index contributed by atoms with van der Waals surface area (Å²) in [4.78, 5) is 11.1. The molecule has 2 atom stereocenters. The number of carboxylic acids is 1. The topological polar surface area (TPSA) is 77.8 Å². The molecule has 1 aromatic carbocycles. The maximum absolute atomic E-state index is 11.1. The molecule has 0 spiro atoms. The number of halogens is 1. The van der Waals surface area contributed by atoms with Gasteiger partial charge in [0.25, 0.3) is 0 Å². The molecule has 5 heteroatoms. The van der Waals surface area contributed by atoms with Gasteiger partial charge in [0.1, 0.15) is 6.10 Å². The van der Waals surface area contributed by atoms with Crippen LogP contribution in [0.4, 0.5) is 0 Å². The van der Waals surface area contributed by atoms with Crippen LogP contribution in [0.1, 0.15) is 37.5 Å². The molecule has 0 heterocycles. The lowest BCUT2D eigenvalue weighted by Gasteiger charge is -2.21. The lowest BCUT2D eigenvalue weighted by atomic mass is 9.84. The molecule has 2 unspecified atom stereocenters. The van der Waals surface area contributed by atoms with Crippen molar-refractivity contribution in [3.8, 4) is 0 Å². The lowest BCUT2D eigenvalue weighted by Crippen LogP contribution is -2.28. The molecule has 0 fully saturated rings. The third-order valence-corrected chi connectivity index (χ3v) is 3.74. The highest BCUT2D eigenvalue weighted by molar-refractivity contribution is 9.09. The van der Waals surface area contributed by atoms with E-state index in [1.807, 2.05) is 0 Å². The van der Waals surface area contributed by atoms with Crippen LogP contribution >= 0.6 is 15.9 Å². The Morgan fingerprint density at radius 2 is 1.79 bits per heavy atom. The second-order valence-electron chi connectivity index (χ2n) is 5.04. The highest BCUT2D eigenvalue weighted by atomic mass is 79.9. The van der Waals surface area contributed by atoms with Crippen LogP contribution in [-0.2, 0) is 10.2 Å². The Kier molecular flexibility index (Phi) is 5.52. The Bertz CT molecular complexity index is 428. The quantitative estimate of drug-likeness (QED) is 0.699. The molecule has 0 aliphatic heterocycles. The Morgan fingerprint density at radius 1 is 1.26 bits per heavy atom. The van der Waals surface area contributed by atoms with Crippen LogP contribution in [0.5, 0.6) is 0 Å². The fraction of sp³-hybridized carbons (Fsp3) is 0.500. The molecule has 0 radical (unpaired) electrons. The number of carboxylic acid groups (broad SMARTS) is 1. The minimum absolute atomic E-state index is 0.448. The second-order valence-corrected chi connectivity index (χ2v) is 5.84. The van der Waals surface area contributed by atoms with Crippen LogP contribution in [0.3, 0.4) is 0 Å². The standard InChI is InChI=1S/C14H19BrO4/c1-14(2,13(18)19)10-5-3-9(4-6-10)12(17)11(16)7-8-15/h3-6,11-12,16-17H,7-8H2,1-2H3,(H,18,19). The van der Waals surface area contributed by atoms with Gasteiger partial charge in [-0.3, -0.25) is 4.79 Å². The van der Waals surface area contributed by atoms with Crippen LogP contribution in [0.15, 0.2) is 24.3 Å². The molecule has 19 heavy (non-hydrogen) atoms. The van der Waals surface area contributed by atoms with E-state index in [4.69, 9.17) is 5.11 Å². The predicted molar refractivity (Wildman–Crippen MR) is 76.5 cm³/mol. The van der Waals surface area contributed by atoms with Gasteiger partial charge >= 0.3 is 5.97 Å². The Labute approximate surface area is 121 Å². The molecule has 0 aromatic heterocycles. The first kappa shape index (κ1) is 16.1. The van der Waals surface area contributed by atoms with E-state index in [2.05, 4.69) is 15.9 Å². The number of alkyl halides is 1. The van der Waals surface area contributed by atoms with Gasteiger partial charge in [0.15, 0.2) is 0 Å². The fourth-order valence-corrected chi connectivity index (χ4v) is 2.18. The Morgan fingerprint density at radius 3 is 2.21 bits per heavy atom. The minimum atomic E-state index is -0.974. The smallest absolute Gasteiger partial charge is 0.313 e. The number of aliphatic carboxylic acids is 1. The summed E-state index contributed by atoms with van der Waals surface area (Å²) in [6.07, 6.45) is -1.35. The van der Waals surface area contributed by atoms with Crippen molar-refractivity contribution in [1.29, 1.82) is 0 Å². The van der Waals surface area contributed by atoms with Crippen LogP contribution < -0.4 is 0 Å². The van der Waals surface area contributed by atoms with Crippen molar-refractivity contribution in [3.63, 3.8) is 0 Å². The predicted octanol–water partition coefficient (Wildman–Crippen LogP) is 2.23. The maximum Gasteiger partial charge on any atom is 0.313 e. The van der Waals surface area contributed by atoms with Gasteiger partial charge in [-0.2, -0.15) is 0 Å². The van der Waals surface area contributed by atoms with Gasteiger partial charge in [-0.1, -0.05) is 40.2 Å². The van der Waals surface area contributed by atoms with Crippen molar-refractivity contribution in [2.24, 2.45) is 0 Å². The van der Waals surface area contributed by atoms with Gasteiger partial charge in [-0.05, 0) is 31.4 Å². The van der Waals surface area contributed by atoms with Crippen molar-refractivity contribution in [1.82, 2.24) is 0 Å². The highest BCUT2D eigenvalue weighted by Gasteiger charge is 2.29. The number of rotatable bonds is 6. The summed E-state index contributed by atoms with van der Waals surface area (Å²) in [7, 11) is 0. The molecule has 4 nitrogen and oxygen atoms in total. The third kappa shape index (κ3) is 3.78. The van der Waals surface area contributed by atoms with Crippen molar-refractivity contribution in [2.75, 3.05) is 5.33 Å². The SMILES string of the molecule is CC(C)(C(=O)O)c1ccc(C(O)C(O)CCBr)cc1. The van der Waals surface area contributed by atoms with Crippen molar-refractivity contribution >= 4 is 21.9 Å². The van der Waals surface area contributed by atoms with Gasteiger partial charge in [0, 0.05) is 5.33 Å². The molecular formula is C14H19BrO4. The normalized spacial score (nSPS) is 15.0. The summed E-state index contributed by atoms with van der Waals surface area (Å²) in [5.74, 6) is -0.903. The van der Waals surface area contributed by atoms with E-state index in [1.165, 1.54) is 0 Å². The molecule has 106 valence electrons.